The molecule has 5 aliphatic rings. The van der Waals surface area contributed by atoms with Gasteiger partial charge in [0.1, 0.15) is 29.8 Å². The van der Waals surface area contributed by atoms with Crippen molar-refractivity contribution in [1.29, 1.82) is 5.26 Å². The largest absolute Gasteiger partial charge is 0.491 e. The monoisotopic (exact) mass is 472 g/mol. The average molecular weight is 473 g/mol. The Morgan fingerprint density at radius 3 is 2.83 bits per heavy atom. The summed E-state index contributed by atoms with van der Waals surface area (Å²) in [5.74, 6) is 2.36. The smallest absolute Gasteiger partial charge is 0.253 e. The number of rotatable bonds is 3. The second-order valence-corrected chi connectivity index (χ2v) is 11.2. The molecule has 2 aromatic rings. The normalized spacial score (nSPS) is 29.8. The van der Waals surface area contributed by atoms with E-state index in [1.54, 1.807) is 6.20 Å². The molecular weight excluding hydrogens is 443 g/mol. The first-order chi connectivity index (χ1) is 17.1. The van der Waals surface area contributed by atoms with E-state index >= 15 is 4.39 Å². The van der Waals surface area contributed by atoms with Gasteiger partial charge >= 0.3 is 0 Å². The number of halogens is 1. The maximum absolute atomic E-state index is 15.6. The maximum atomic E-state index is 15.6. The van der Waals surface area contributed by atoms with Crippen LogP contribution in [0.5, 0.6) is 5.75 Å². The van der Waals surface area contributed by atoms with Crippen molar-refractivity contribution >= 4 is 11.6 Å². The van der Waals surface area contributed by atoms with Gasteiger partial charge < -0.3 is 15.0 Å². The number of piperidine rings is 1. The zero-order valence-corrected chi connectivity index (χ0v) is 19.7. The lowest BCUT2D eigenvalue weighted by Crippen LogP contribution is -2.43. The number of amides is 1. The Labute approximate surface area is 204 Å². The minimum absolute atomic E-state index is 0.0958. The molecule has 7 heteroatoms. The molecule has 0 spiro atoms. The van der Waals surface area contributed by atoms with Crippen molar-refractivity contribution in [2.24, 2.45) is 17.8 Å². The highest BCUT2D eigenvalue weighted by Crippen LogP contribution is 2.54. The Kier molecular flexibility index (Phi) is 4.80. The number of aryl methyl sites for hydroxylation is 1. The number of carbonyl (C=O) groups excluding carboxylic acids is 1. The van der Waals surface area contributed by atoms with Gasteiger partial charge in [-0.15, -0.1) is 0 Å². The van der Waals surface area contributed by atoms with Crippen LogP contribution in [0.2, 0.25) is 0 Å². The van der Waals surface area contributed by atoms with E-state index < -0.39 is 5.82 Å². The molecule has 6 nitrogen and oxygen atoms in total. The number of benzene rings is 1. The fourth-order valence-corrected chi connectivity index (χ4v) is 7.03. The summed E-state index contributed by atoms with van der Waals surface area (Å²) in [6, 6.07) is 5.59. The summed E-state index contributed by atoms with van der Waals surface area (Å²) >= 11 is 0. The topological polar surface area (TPSA) is 78.3 Å². The molecule has 180 valence electrons. The third-order valence-corrected chi connectivity index (χ3v) is 8.93. The molecule has 2 bridgehead atoms. The maximum Gasteiger partial charge on any atom is 0.253 e. The summed E-state index contributed by atoms with van der Waals surface area (Å²) < 4.78 is 21.6. The van der Waals surface area contributed by atoms with Crippen LogP contribution in [0.1, 0.15) is 70.8 Å². The van der Waals surface area contributed by atoms with E-state index in [1.165, 1.54) is 37.7 Å². The van der Waals surface area contributed by atoms with Crippen LogP contribution in [0.15, 0.2) is 18.3 Å². The molecule has 35 heavy (non-hydrogen) atoms. The van der Waals surface area contributed by atoms with Crippen molar-refractivity contribution < 1.29 is 13.9 Å². The summed E-state index contributed by atoms with van der Waals surface area (Å²) in [6.45, 7) is 2.02. The number of ether oxygens (including phenoxy) is 1. The number of aromatic nitrogens is 1. The minimum atomic E-state index is -0.507. The number of hydrogen-bond acceptors (Lipinski definition) is 5. The Bertz CT molecular complexity index is 1260. The Hall–Kier alpha value is -3.14. The Morgan fingerprint density at radius 2 is 2.03 bits per heavy atom. The van der Waals surface area contributed by atoms with Gasteiger partial charge in [-0.3, -0.25) is 9.78 Å². The molecule has 1 amide bonds. The van der Waals surface area contributed by atoms with Crippen molar-refractivity contribution in [3.05, 3.63) is 52.1 Å². The molecule has 1 N–H and O–H groups in total. The van der Waals surface area contributed by atoms with E-state index in [1.807, 2.05) is 12.1 Å². The molecular formula is C28H29FN4O2. The van der Waals surface area contributed by atoms with Crippen LogP contribution >= 0.6 is 0 Å². The summed E-state index contributed by atoms with van der Waals surface area (Å²) in [5, 5.41) is 12.8. The van der Waals surface area contributed by atoms with Gasteiger partial charge in [0.25, 0.3) is 5.91 Å². The van der Waals surface area contributed by atoms with E-state index in [-0.39, 0.29) is 24.1 Å². The molecule has 1 aromatic heterocycles. The second-order valence-electron chi connectivity index (χ2n) is 11.2. The number of fused-ring (bicyclic) bond motifs is 6. The second kappa shape index (κ2) is 7.94. The lowest BCUT2D eigenvalue weighted by atomic mass is 9.94. The third kappa shape index (κ3) is 3.57. The standard InChI is InChI=1S/C28H29FN4O2/c29-27-22-8-19(32-28(34)18-7-21-20-6-17(20)3-4-24(21)31-11-18)14-35-26(22)9-25(23(27)10-30)33-12-15-1-2-16(5-15)13-33/h7,9,11,15-17,19-20H,1-6,8,12-14H2,(H,32,34)/t15?,16?,17-,19-,20+/m1/s1. The van der Waals surface area contributed by atoms with E-state index in [4.69, 9.17) is 4.74 Å². The number of nitrogens with one attached hydrogen (secondary N) is 1. The van der Waals surface area contributed by atoms with Gasteiger partial charge in [0.2, 0.25) is 0 Å². The molecule has 1 aromatic carbocycles. The molecule has 2 unspecified atom stereocenters. The van der Waals surface area contributed by atoms with Crippen molar-refractivity contribution in [3.63, 3.8) is 0 Å². The molecule has 7 rings (SSSR count). The third-order valence-electron chi connectivity index (χ3n) is 8.93. The number of anilines is 1. The molecule has 3 fully saturated rings. The van der Waals surface area contributed by atoms with Gasteiger partial charge in [0.05, 0.1) is 17.3 Å². The minimum Gasteiger partial charge on any atom is -0.491 e. The molecule has 2 aliphatic heterocycles. The fourth-order valence-electron chi connectivity index (χ4n) is 7.03. The van der Waals surface area contributed by atoms with Gasteiger partial charge in [-0.1, -0.05) is 0 Å². The quantitative estimate of drug-likeness (QED) is 0.727. The van der Waals surface area contributed by atoms with Crippen LogP contribution in [0.3, 0.4) is 0 Å². The summed E-state index contributed by atoms with van der Waals surface area (Å²) in [4.78, 5) is 19.7. The van der Waals surface area contributed by atoms with E-state index in [0.29, 0.717) is 46.7 Å². The van der Waals surface area contributed by atoms with Gasteiger partial charge in [0.15, 0.2) is 0 Å². The average Bonchev–Trinajstić information content (AvgIpc) is 3.61. The zero-order valence-electron chi connectivity index (χ0n) is 19.7. The van der Waals surface area contributed by atoms with E-state index in [9.17, 15) is 10.1 Å². The predicted octanol–water partition coefficient (Wildman–Crippen LogP) is 4.11. The van der Waals surface area contributed by atoms with Crippen LogP contribution in [-0.2, 0) is 12.8 Å². The summed E-state index contributed by atoms with van der Waals surface area (Å²) in [7, 11) is 0. The molecule has 1 saturated heterocycles. The number of nitrogens with zero attached hydrogens (tertiary/aromatic N) is 3. The number of carbonyl (C=O) groups is 1. The molecule has 0 radical (unpaired) electrons. The van der Waals surface area contributed by atoms with Gasteiger partial charge in [0, 0.05) is 43.0 Å². The van der Waals surface area contributed by atoms with Crippen LogP contribution < -0.4 is 15.0 Å². The van der Waals surface area contributed by atoms with Crippen molar-refractivity contribution in [1.82, 2.24) is 10.3 Å². The van der Waals surface area contributed by atoms with Crippen molar-refractivity contribution in [3.8, 4) is 11.8 Å². The molecule has 3 aliphatic carbocycles. The first-order valence-corrected chi connectivity index (χ1v) is 13.0. The SMILES string of the molecule is N#Cc1c(N2CC3CCC(C3)C2)cc2c(c1F)C[C@@H](NC(=O)c1cnc3c(c1)[C@H]1C[C@H]1CC3)CO2. The van der Waals surface area contributed by atoms with Crippen molar-refractivity contribution in [2.45, 2.75) is 56.9 Å². The fraction of sp³-hybridized carbons (Fsp3) is 0.536. The Balaban J connectivity index is 1.10. The first-order valence-electron chi connectivity index (χ1n) is 13.0. The summed E-state index contributed by atoms with van der Waals surface area (Å²) in [5.41, 5.74) is 4.03. The molecule has 5 atom stereocenters. The highest BCUT2D eigenvalue weighted by molar-refractivity contribution is 5.94. The predicted molar refractivity (Wildman–Crippen MR) is 128 cm³/mol. The lowest BCUT2D eigenvalue weighted by molar-refractivity contribution is 0.0914. The lowest BCUT2D eigenvalue weighted by Gasteiger charge is -2.35. The number of pyridine rings is 1. The number of nitriles is 1. The Morgan fingerprint density at radius 1 is 1.20 bits per heavy atom. The zero-order chi connectivity index (χ0) is 23.7. The van der Waals surface area contributed by atoms with Crippen LogP contribution in [-0.4, -0.2) is 36.6 Å². The number of hydrogen-bond donors (Lipinski definition) is 1. The van der Waals surface area contributed by atoms with Crippen LogP contribution in [0.25, 0.3) is 0 Å². The van der Waals surface area contributed by atoms with E-state index in [0.717, 1.165) is 31.1 Å². The van der Waals surface area contributed by atoms with Gasteiger partial charge in [-0.2, -0.15) is 5.26 Å². The summed E-state index contributed by atoms with van der Waals surface area (Å²) in [6.07, 6.45) is 9.03. The van der Waals surface area contributed by atoms with Crippen molar-refractivity contribution in [2.75, 3.05) is 24.6 Å². The van der Waals surface area contributed by atoms with E-state index in [2.05, 4.69) is 21.3 Å². The molecule has 3 heterocycles. The van der Waals surface area contributed by atoms with Crippen LogP contribution in [0, 0.1) is 34.9 Å². The van der Waals surface area contributed by atoms with Gasteiger partial charge in [-0.25, -0.2) is 4.39 Å². The molecule has 2 saturated carbocycles. The highest BCUT2D eigenvalue weighted by Gasteiger charge is 2.43. The highest BCUT2D eigenvalue weighted by atomic mass is 19.1. The first kappa shape index (κ1) is 21.2. The van der Waals surface area contributed by atoms with Crippen LogP contribution in [0.4, 0.5) is 10.1 Å². The van der Waals surface area contributed by atoms with Gasteiger partial charge in [-0.05, 0) is 73.8 Å².